The molecule has 1 aliphatic carbocycles. The number of carbonyl (C=O) groups excluding carboxylic acids is 2. The minimum atomic E-state index is -0.409. The van der Waals surface area contributed by atoms with Gasteiger partial charge >= 0.3 is 5.97 Å². The normalized spacial score (nSPS) is 25.4. The molecule has 0 aliphatic heterocycles. The number of carbonyl (C=O) groups is 2. The molecule has 0 aromatic heterocycles. The Balaban J connectivity index is 3.06. The lowest BCUT2D eigenvalue weighted by atomic mass is 9.80. The molecule has 6 nitrogen and oxygen atoms in total. The van der Waals surface area contributed by atoms with Crippen molar-refractivity contribution >= 4 is 11.9 Å². The lowest BCUT2D eigenvalue weighted by molar-refractivity contribution is -0.137. The van der Waals surface area contributed by atoms with Gasteiger partial charge in [-0.2, -0.15) is 0 Å². The fraction of sp³-hybridized carbons (Fsp3) is 0.733. The highest BCUT2D eigenvalue weighted by Crippen LogP contribution is 2.30. The van der Waals surface area contributed by atoms with Crippen molar-refractivity contribution in [3.63, 3.8) is 0 Å². The summed E-state index contributed by atoms with van der Waals surface area (Å²) < 4.78 is 10.6. The number of aliphatic hydroxyl groups is 1. The number of hydrogen-bond donors (Lipinski definition) is 2. The maximum atomic E-state index is 11.8. The summed E-state index contributed by atoms with van der Waals surface area (Å²) in [6, 6.07) is -0.259. The molecule has 0 aromatic rings. The number of esters is 1. The molecule has 0 aromatic carbocycles. The van der Waals surface area contributed by atoms with Crippen LogP contribution in [0.1, 0.15) is 33.6 Å². The van der Waals surface area contributed by atoms with Crippen LogP contribution in [0.25, 0.3) is 0 Å². The standard InChI is InChI=1S/C15H25NO5/c1-9(2)21-13-8-12(15(19)20-4)7-11(5-6-17)14(13)16-10(3)18/h8-9,11,13-14,17H,5-7H2,1-4H3,(H,16,18)/t11-,13+,14+/m0/s1. The highest BCUT2D eigenvalue weighted by Gasteiger charge is 2.36. The first-order valence-corrected chi connectivity index (χ1v) is 7.21. The molecule has 0 unspecified atom stereocenters. The third kappa shape index (κ3) is 5.13. The van der Waals surface area contributed by atoms with Crippen molar-refractivity contribution in [2.24, 2.45) is 5.92 Å². The van der Waals surface area contributed by atoms with Gasteiger partial charge in [0.1, 0.15) is 0 Å². The first-order valence-electron chi connectivity index (χ1n) is 7.21. The van der Waals surface area contributed by atoms with Gasteiger partial charge in [-0.25, -0.2) is 4.79 Å². The maximum Gasteiger partial charge on any atom is 0.333 e. The van der Waals surface area contributed by atoms with Gasteiger partial charge < -0.3 is 19.9 Å². The summed E-state index contributed by atoms with van der Waals surface area (Å²) in [5, 5.41) is 12.1. The average Bonchev–Trinajstić information content (AvgIpc) is 2.40. The van der Waals surface area contributed by atoms with E-state index >= 15 is 0 Å². The summed E-state index contributed by atoms with van der Waals surface area (Å²) in [4.78, 5) is 23.2. The van der Waals surface area contributed by atoms with Gasteiger partial charge in [-0.1, -0.05) is 0 Å². The second-order valence-electron chi connectivity index (χ2n) is 5.54. The van der Waals surface area contributed by atoms with Crippen molar-refractivity contribution in [3.8, 4) is 0 Å². The SMILES string of the molecule is COC(=O)C1=C[C@@H](OC(C)C)[C@H](NC(C)=O)[C@@H](CCO)C1. The molecule has 0 bridgehead atoms. The molecule has 3 atom stereocenters. The Labute approximate surface area is 125 Å². The quantitative estimate of drug-likeness (QED) is 0.708. The van der Waals surface area contributed by atoms with Gasteiger partial charge in [0.2, 0.25) is 5.91 Å². The smallest absolute Gasteiger partial charge is 0.333 e. The van der Waals surface area contributed by atoms with Gasteiger partial charge in [0.25, 0.3) is 0 Å². The molecule has 120 valence electrons. The third-order valence-electron chi connectivity index (χ3n) is 3.46. The first-order chi connectivity index (χ1) is 9.88. The van der Waals surface area contributed by atoms with Gasteiger partial charge in [-0.3, -0.25) is 4.79 Å². The Kier molecular flexibility index (Phi) is 6.84. The highest BCUT2D eigenvalue weighted by molar-refractivity contribution is 5.88. The molecular weight excluding hydrogens is 274 g/mol. The molecule has 1 aliphatic rings. The lowest BCUT2D eigenvalue weighted by Crippen LogP contribution is -2.51. The molecule has 0 heterocycles. The number of aliphatic hydroxyl groups excluding tert-OH is 1. The maximum absolute atomic E-state index is 11.8. The monoisotopic (exact) mass is 299 g/mol. The van der Waals surface area contributed by atoms with Crippen LogP contribution in [0.15, 0.2) is 11.6 Å². The molecule has 0 saturated carbocycles. The minimum Gasteiger partial charge on any atom is -0.466 e. The topological polar surface area (TPSA) is 84.9 Å². The summed E-state index contributed by atoms with van der Waals surface area (Å²) in [6.45, 7) is 5.23. The molecule has 21 heavy (non-hydrogen) atoms. The van der Waals surface area contributed by atoms with Gasteiger partial charge in [0.05, 0.1) is 25.4 Å². The summed E-state index contributed by atoms with van der Waals surface area (Å²) in [7, 11) is 1.34. The van der Waals surface area contributed by atoms with Crippen LogP contribution in [0.2, 0.25) is 0 Å². The molecule has 1 rings (SSSR count). The number of rotatable bonds is 6. The fourth-order valence-electron chi connectivity index (χ4n) is 2.65. The minimum absolute atomic E-state index is 0.0103. The van der Waals surface area contributed by atoms with Crippen LogP contribution in [-0.4, -0.2) is 48.9 Å². The van der Waals surface area contributed by atoms with Crippen molar-refractivity contribution in [2.45, 2.75) is 51.9 Å². The molecule has 0 spiro atoms. The molecule has 6 heteroatoms. The van der Waals surface area contributed by atoms with E-state index in [1.807, 2.05) is 13.8 Å². The zero-order valence-corrected chi connectivity index (χ0v) is 13.1. The summed E-state index contributed by atoms with van der Waals surface area (Å²) in [6.07, 6.45) is 2.20. The van der Waals surface area contributed by atoms with E-state index < -0.39 is 12.1 Å². The molecule has 0 fully saturated rings. The Bertz CT molecular complexity index is 405. The summed E-state index contributed by atoms with van der Waals surface area (Å²) in [5.41, 5.74) is 0.531. The average molecular weight is 299 g/mol. The van der Waals surface area contributed by atoms with Crippen molar-refractivity contribution in [2.75, 3.05) is 13.7 Å². The fourth-order valence-corrected chi connectivity index (χ4v) is 2.65. The van der Waals surface area contributed by atoms with E-state index in [1.165, 1.54) is 14.0 Å². The Morgan fingerprint density at radius 2 is 2.14 bits per heavy atom. The Morgan fingerprint density at radius 1 is 1.48 bits per heavy atom. The van der Waals surface area contributed by atoms with Gasteiger partial charge in [-0.05, 0) is 38.7 Å². The van der Waals surface area contributed by atoms with E-state index in [9.17, 15) is 14.7 Å². The van der Waals surface area contributed by atoms with Crippen LogP contribution < -0.4 is 5.32 Å². The van der Waals surface area contributed by atoms with Crippen molar-refractivity contribution in [3.05, 3.63) is 11.6 Å². The summed E-state index contributed by atoms with van der Waals surface area (Å²) >= 11 is 0. The van der Waals surface area contributed by atoms with Crippen LogP contribution in [0.3, 0.4) is 0 Å². The number of methoxy groups -OCH3 is 1. The van der Waals surface area contributed by atoms with Gasteiger partial charge in [0.15, 0.2) is 0 Å². The van der Waals surface area contributed by atoms with E-state index in [4.69, 9.17) is 9.47 Å². The highest BCUT2D eigenvalue weighted by atomic mass is 16.5. The Hall–Kier alpha value is -1.40. The predicted molar refractivity (Wildman–Crippen MR) is 77.5 cm³/mol. The third-order valence-corrected chi connectivity index (χ3v) is 3.46. The van der Waals surface area contributed by atoms with E-state index in [-0.39, 0.29) is 30.6 Å². The number of amides is 1. The molecule has 0 radical (unpaired) electrons. The van der Waals surface area contributed by atoms with Gasteiger partial charge in [-0.15, -0.1) is 0 Å². The van der Waals surface area contributed by atoms with Crippen molar-refractivity contribution in [1.82, 2.24) is 5.32 Å². The zero-order chi connectivity index (χ0) is 16.0. The second kappa shape index (κ2) is 8.14. The zero-order valence-electron chi connectivity index (χ0n) is 13.1. The lowest BCUT2D eigenvalue weighted by Gasteiger charge is -2.37. The number of ether oxygens (including phenoxy) is 2. The van der Waals surface area contributed by atoms with E-state index in [2.05, 4.69) is 5.32 Å². The number of nitrogens with one attached hydrogen (secondary N) is 1. The summed E-state index contributed by atoms with van der Waals surface area (Å²) in [5.74, 6) is -0.617. The van der Waals surface area contributed by atoms with Crippen LogP contribution >= 0.6 is 0 Å². The van der Waals surface area contributed by atoms with Crippen molar-refractivity contribution in [1.29, 1.82) is 0 Å². The van der Waals surface area contributed by atoms with Crippen LogP contribution in [0, 0.1) is 5.92 Å². The van der Waals surface area contributed by atoms with Crippen LogP contribution in [0.5, 0.6) is 0 Å². The van der Waals surface area contributed by atoms with E-state index in [0.29, 0.717) is 18.4 Å². The predicted octanol–water partition coefficient (Wildman–Crippen LogP) is 0.786. The van der Waals surface area contributed by atoms with Crippen LogP contribution in [0.4, 0.5) is 0 Å². The van der Waals surface area contributed by atoms with Crippen LogP contribution in [-0.2, 0) is 19.1 Å². The Morgan fingerprint density at radius 3 is 2.62 bits per heavy atom. The van der Waals surface area contributed by atoms with Crippen molar-refractivity contribution < 1.29 is 24.2 Å². The second-order valence-corrected chi connectivity index (χ2v) is 5.54. The molecular formula is C15H25NO5. The number of hydrogen-bond acceptors (Lipinski definition) is 5. The molecule has 1 amide bonds. The first kappa shape index (κ1) is 17.7. The van der Waals surface area contributed by atoms with E-state index in [0.717, 1.165) is 0 Å². The van der Waals surface area contributed by atoms with E-state index in [1.54, 1.807) is 6.08 Å². The molecule has 0 saturated heterocycles. The molecule has 2 N–H and O–H groups in total. The van der Waals surface area contributed by atoms with Gasteiger partial charge in [0, 0.05) is 19.1 Å². The largest absolute Gasteiger partial charge is 0.466 e.